The molecule has 0 fully saturated rings. The van der Waals surface area contributed by atoms with Crippen molar-refractivity contribution >= 4 is 5.91 Å². The van der Waals surface area contributed by atoms with Gasteiger partial charge in [0.1, 0.15) is 12.4 Å². The molecule has 0 saturated heterocycles. The van der Waals surface area contributed by atoms with E-state index in [1.807, 2.05) is 6.07 Å². The van der Waals surface area contributed by atoms with E-state index in [1.165, 1.54) is 11.1 Å². The number of nitrogens with zero attached hydrogens (tertiary/aromatic N) is 5. The fourth-order valence-electron chi connectivity index (χ4n) is 4.53. The minimum atomic E-state index is -0.634. The van der Waals surface area contributed by atoms with Crippen LogP contribution in [0.3, 0.4) is 0 Å². The highest BCUT2D eigenvalue weighted by atomic mass is 16.5. The number of fused-ring (bicyclic) bond motifs is 2. The summed E-state index contributed by atoms with van der Waals surface area (Å²) in [6.45, 7) is 3.34. The molecule has 1 amide bonds. The SMILES string of the molecule is O=C1c2cc(Cc3ccnnc3)ncc2OCCN1CC(O)CN1CCc2ccccc2C1. The van der Waals surface area contributed by atoms with Crippen LogP contribution < -0.4 is 4.74 Å². The fourth-order valence-corrected chi connectivity index (χ4v) is 4.53. The van der Waals surface area contributed by atoms with Crippen molar-refractivity contribution in [1.29, 1.82) is 0 Å². The number of aliphatic hydroxyl groups excluding tert-OH is 1. The summed E-state index contributed by atoms with van der Waals surface area (Å²) in [4.78, 5) is 21.7. The zero-order valence-electron chi connectivity index (χ0n) is 18.4. The van der Waals surface area contributed by atoms with E-state index in [0.29, 0.717) is 37.4 Å². The molecule has 8 nitrogen and oxygen atoms in total. The standard InChI is InChI=1S/C25H27N5O3/c31-22(16-29-8-6-19-3-1-2-4-20(19)15-29)17-30-9-10-33-24-14-26-21(12-23(24)25(30)32)11-18-5-7-27-28-13-18/h1-5,7,12-14,22,31H,6,8-11,15-17H2. The van der Waals surface area contributed by atoms with Crippen LogP contribution in [-0.4, -0.2) is 74.9 Å². The monoisotopic (exact) mass is 445 g/mol. The van der Waals surface area contributed by atoms with Crippen LogP contribution in [0.5, 0.6) is 5.75 Å². The molecule has 8 heteroatoms. The minimum absolute atomic E-state index is 0.137. The first-order chi connectivity index (χ1) is 16.2. The largest absolute Gasteiger partial charge is 0.489 e. The number of aliphatic hydroxyl groups is 1. The molecule has 0 radical (unpaired) electrons. The van der Waals surface area contributed by atoms with Crippen molar-refractivity contribution in [1.82, 2.24) is 25.0 Å². The first-order valence-electron chi connectivity index (χ1n) is 11.3. The molecule has 0 spiro atoms. The zero-order chi connectivity index (χ0) is 22.6. The van der Waals surface area contributed by atoms with Gasteiger partial charge in [0.2, 0.25) is 0 Å². The maximum absolute atomic E-state index is 13.3. The Kier molecular flexibility index (Phi) is 6.28. The summed E-state index contributed by atoms with van der Waals surface area (Å²) in [6.07, 6.45) is 5.84. The summed E-state index contributed by atoms with van der Waals surface area (Å²) in [5.74, 6) is 0.350. The number of amides is 1. The predicted octanol–water partition coefficient (Wildman–Crippen LogP) is 1.72. The van der Waals surface area contributed by atoms with Gasteiger partial charge in [-0.15, -0.1) is 0 Å². The Morgan fingerprint density at radius 2 is 1.94 bits per heavy atom. The number of hydrogen-bond acceptors (Lipinski definition) is 7. The van der Waals surface area contributed by atoms with Crippen LogP contribution in [0.15, 0.2) is 55.0 Å². The highest BCUT2D eigenvalue weighted by molar-refractivity contribution is 5.97. The second-order valence-corrected chi connectivity index (χ2v) is 8.61. The van der Waals surface area contributed by atoms with Crippen LogP contribution in [0.4, 0.5) is 0 Å². The normalized spacial score (nSPS) is 17.0. The van der Waals surface area contributed by atoms with Crippen molar-refractivity contribution in [3.05, 3.63) is 82.9 Å². The summed E-state index contributed by atoms with van der Waals surface area (Å²) < 4.78 is 5.79. The van der Waals surface area contributed by atoms with Gasteiger partial charge in [0.05, 0.1) is 30.6 Å². The Bertz CT molecular complexity index is 1120. The number of carbonyl (C=O) groups is 1. The van der Waals surface area contributed by atoms with Crippen LogP contribution in [0, 0.1) is 0 Å². The summed E-state index contributed by atoms with van der Waals surface area (Å²) >= 11 is 0. The number of benzene rings is 1. The Balaban J connectivity index is 1.24. The number of aromatic nitrogens is 3. The van der Waals surface area contributed by atoms with Crippen molar-refractivity contribution in [3.8, 4) is 5.75 Å². The molecule has 1 N–H and O–H groups in total. The third-order valence-electron chi connectivity index (χ3n) is 6.20. The molecule has 4 heterocycles. The van der Waals surface area contributed by atoms with Gasteiger partial charge in [-0.05, 0) is 35.2 Å². The van der Waals surface area contributed by atoms with E-state index in [1.54, 1.807) is 29.6 Å². The van der Waals surface area contributed by atoms with Gasteiger partial charge < -0.3 is 14.7 Å². The van der Waals surface area contributed by atoms with E-state index in [2.05, 4.69) is 44.3 Å². The Morgan fingerprint density at radius 3 is 2.79 bits per heavy atom. The second kappa shape index (κ2) is 9.64. The van der Waals surface area contributed by atoms with Crippen LogP contribution in [0.25, 0.3) is 0 Å². The maximum atomic E-state index is 13.3. The molecule has 0 bridgehead atoms. The quantitative estimate of drug-likeness (QED) is 0.618. The summed E-state index contributed by atoms with van der Waals surface area (Å²) in [5, 5.41) is 18.5. The van der Waals surface area contributed by atoms with E-state index in [-0.39, 0.29) is 12.5 Å². The van der Waals surface area contributed by atoms with Crippen molar-refractivity contribution < 1.29 is 14.6 Å². The van der Waals surface area contributed by atoms with Gasteiger partial charge >= 0.3 is 0 Å². The maximum Gasteiger partial charge on any atom is 0.257 e. The van der Waals surface area contributed by atoms with E-state index < -0.39 is 6.10 Å². The molecule has 3 aromatic rings. The van der Waals surface area contributed by atoms with Crippen molar-refractivity contribution in [2.24, 2.45) is 0 Å². The van der Waals surface area contributed by atoms with Crippen LogP contribution in [0.2, 0.25) is 0 Å². The van der Waals surface area contributed by atoms with Crippen LogP contribution in [-0.2, 0) is 19.4 Å². The highest BCUT2D eigenvalue weighted by Crippen LogP contribution is 2.24. The Hall–Kier alpha value is -3.36. The molecule has 0 aliphatic carbocycles. The second-order valence-electron chi connectivity index (χ2n) is 8.61. The molecule has 1 unspecified atom stereocenters. The average molecular weight is 446 g/mol. The number of β-amino-alcohol motifs (C(OH)–C–C–N with tert-alkyl or cyclic N) is 1. The first kappa shape index (κ1) is 21.5. The van der Waals surface area contributed by atoms with Gasteiger partial charge in [0.15, 0.2) is 0 Å². The molecule has 5 rings (SSSR count). The molecular weight excluding hydrogens is 418 g/mol. The first-order valence-corrected chi connectivity index (χ1v) is 11.3. The van der Waals surface area contributed by atoms with Crippen molar-refractivity contribution in [3.63, 3.8) is 0 Å². The van der Waals surface area contributed by atoms with Gasteiger partial charge in [0, 0.05) is 44.5 Å². The molecule has 170 valence electrons. The molecule has 1 atom stereocenters. The highest BCUT2D eigenvalue weighted by Gasteiger charge is 2.27. The predicted molar refractivity (Wildman–Crippen MR) is 122 cm³/mol. The van der Waals surface area contributed by atoms with Crippen LogP contribution in [0.1, 0.15) is 32.7 Å². The minimum Gasteiger partial charge on any atom is -0.489 e. The Labute approximate surface area is 192 Å². The molecule has 0 saturated carbocycles. The molecule has 2 aliphatic rings. The molecule has 1 aromatic carbocycles. The number of carbonyl (C=O) groups excluding carboxylic acids is 1. The lowest BCUT2D eigenvalue weighted by Crippen LogP contribution is -2.44. The lowest BCUT2D eigenvalue weighted by molar-refractivity contribution is 0.0501. The number of hydrogen-bond donors (Lipinski definition) is 1. The fraction of sp³-hybridized carbons (Fsp3) is 0.360. The average Bonchev–Trinajstić information content (AvgIpc) is 2.98. The smallest absolute Gasteiger partial charge is 0.257 e. The topological polar surface area (TPSA) is 91.7 Å². The van der Waals surface area contributed by atoms with E-state index in [9.17, 15) is 9.90 Å². The van der Waals surface area contributed by atoms with Crippen LogP contribution >= 0.6 is 0 Å². The third kappa shape index (κ3) is 5.02. The summed E-state index contributed by atoms with van der Waals surface area (Å²) in [6, 6.07) is 12.1. The van der Waals surface area contributed by atoms with Gasteiger partial charge in [-0.3, -0.25) is 14.7 Å². The number of pyridine rings is 1. The lowest BCUT2D eigenvalue weighted by Gasteiger charge is -2.32. The summed E-state index contributed by atoms with van der Waals surface area (Å²) in [5.41, 5.74) is 4.90. The van der Waals surface area contributed by atoms with Crippen molar-refractivity contribution in [2.45, 2.75) is 25.5 Å². The third-order valence-corrected chi connectivity index (χ3v) is 6.20. The van der Waals surface area contributed by atoms with E-state index in [0.717, 1.165) is 30.8 Å². The number of rotatable bonds is 6. The van der Waals surface area contributed by atoms with E-state index >= 15 is 0 Å². The van der Waals surface area contributed by atoms with E-state index in [4.69, 9.17) is 4.74 Å². The van der Waals surface area contributed by atoms with Gasteiger partial charge in [-0.1, -0.05) is 24.3 Å². The summed E-state index contributed by atoms with van der Waals surface area (Å²) in [7, 11) is 0. The lowest BCUT2D eigenvalue weighted by atomic mass is 10.00. The molecule has 33 heavy (non-hydrogen) atoms. The molecule has 2 aliphatic heterocycles. The zero-order valence-corrected chi connectivity index (χ0v) is 18.4. The van der Waals surface area contributed by atoms with Gasteiger partial charge in [0.25, 0.3) is 5.91 Å². The van der Waals surface area contributed by atoms with Gasteiger partial charge in [-0.2, -0.15) is 10.2 Å². The number of ether oxygens (including phenoxy) is 1. The molecule has 2 aromatic heterocycles. The van der Waals surface area contributed by atoms with Crippen molar-refractivity contribution in [2.75, 3.05) is 32.8 Å². The molecular formula is C25H27N5O3. The Morgan fingerprint density at radius 1 is 1.06 bits per heavy atom. The van der Waals surface area contributed by atoms with Gasteiger partial charge in [-0.25, -0.2) is 0 Å².